The quantitative estimate of drug-likeness (QED) is 0.587. The van der Waals surface area contributed by atoms with E-state index in [0.717, 1.165) is 25.9 Å². The average Bonchev–Trinajstić information content (AvgIpc) is 2.38. The molecule has 19 heavy (non-hydrogen) atoms. The number of ether oxygens (including phenoxy) is 1. The van der Waals surface area contributed by atoms with Crippen LogP contribution in [0.2, 0.25) is 0 Å². The lowest BCUT2D eigenvalue weighted by molar-refractivity contribution is -0.0414. The van der Waals surface area contributed by atoms with Crippen molar-refractivity contribution in [2.75, 3.05) is 39.5 Å². The van der Waals surface area contributed by atoms with Crippen LogP contribution in [0.15, 0.2) is 0 Å². The third kappa shape index (κ3) is 5.12. The number of aliphatic hydroxyl groups is 2. The van der Waals surface area contributed by atoms with E-state index in [1.54, 1.807) is 0 Å². The fraction of sp³-hybridized carbons (Fsp3) is 0.867. The minimum atomic E-state index is -0.130. The van der Waals surface area contributed by atoms with E-state index in [0.29, 0.717) is 13.2 Å². The molecule has 0 aromatic heterocycles. The first-order valence-corrected chi connectivity index (χ1v) is 6.94. The molecule has 110 valence electrons. The van der Waals surface area contributed by atoms with Crippen molar-refractivity contribution in [2.45, 2.75) is 39.2 Å². The monoisotopic (exact) mass is 269 g/mol. The maximum Gasteiger partial charge on any atom is 0.107 e. The minimum absolute atomic E-state index is 0.122. The van der Waals surface area contributed by atoms with Gasteiger partial charge in [0.25, 0.3) is 0 Å². The van der Waals surface area contributed by atoms with Gasteiger partial charge in [0, 0.05) is 11.0 Å². The maximum atomic E-state index is 9.66. The predicted molar refractivity (Wildman–Crippen MR) is 75.8 cm³/mol. The van der Waals surface area contributed by atoms with E-state index in [1.165, 1.54) is 0 Å². The summed E-state index contributed by atoms with van der Waals surface area (Å²) in [4.78, 5) is 2.45. The van der Waals surface area contributed by atoms with Gasteiger partial charge < -0.3 is 14.9 Å². The molecule has 0 amide bonds. The summed E-state index contributed by atoms with van der Waals surface area (Å²) >= 11 is 0. The Morgan fingerprint density at radius 1 is 1.16 bits per heavy atom. The van der Waals surface area contributed by atoms with Crippen LogP contribution in [0.3, 0.4) is 0 Å². The van der Waals surface area contributed by atoms with Crippen LogP contribution in [0.4, 0.5) is 0 Å². The highest BCUT2D eigenvalue weighted by Crippen LogP contribution is 2.33. The van der Waals surface area contributed by atoms with Crippen molar-refractivity contribution in [1.29, 1.82) is 0 Å². The van der Waals surface area contributed by atoms with Crippen LogP contribution in [-0.2, 0) is 4.74 Å². The lowest BCUT2D eigenvalue weighted by Gasteiger charge is -2.45. The summed E-state index contributed by atoms with van der Waals surface area (Å²) in [7, 11) is 0. The molecule has 0 aromatic carbocycles. The molecule has 1 rings (SSSR count). The molecule has 4 nitrogen and oxygen atoms in total. The van der Waals surface area contributed by atoms with Crippen molar-refractivity contribution < 1.29 is 14.9 Å². The molecule has 0 aromatic rings. The van der Waals surface area contributed by atoms with Gasteiger partial charge in [-0.05, 0) is 46.7 Å². The molecule has 0 atom stereocenters. The predicted octanol–water partition coefficient (Wildman–Crippen LogP) is 0.872. The molecule has 1 aliphatic heterocycles. The lowest BCUT2D eigenvalue weighted by Crippen LogP contribution is -2.51. The summed E-state index contributed by atoms with van der Waals surface area (Å²) in [6.45, 7) is 9.56. The fourth-order valence-corrected chi connectivity index (χ4v) is 2.43. The van der Waals surface area contributed by atoms with Gasteiger partial charge in [-0.1, -0.05) is 11.8 Å². The normalized spacial score (nSPS) is 19.8. The summed E-state index contributed by atoms with van der Waals surface area (Å²) in [6.07, 6.45) is 1.91. The standard InChI is InChI=1S/C15H27NO3/c1-14(2,3)16-8-6-15(12-18,7-9-16)13-19-11-5-4-10-17/h17-18H,6-13H2,1-3H3. The zero-order chi connectivity index (χ0) is 14.4. The summed E-state index contributed by atoms with van der Waals surface area (Å²) in [6, 6.07) is 0. The highest BCUT2D eigenvalue weighted by Gasteiger charge is 2.37. The van der Waals surface area contributed by atoms with Gasteiger partial charge in [-0.3, -0.25) is 4.90 Å². The molecular weight excluding hydrogens is 242 g/mol. The Kier molecular flexibility index (Phi) is 6.28. The van der Waals surface area contributed by atoms with Crippen LogP contribution in [0.25, 0.3) is 0 Å². The molecule has 0 saturated carbocycles. The van der Waals surface area contributed by atoms with Crippen LogP contribution in [0.5, 0.6) is 0 Å². The first kappa shape index (κ1) is 16.5. The second kappa shape index (κ2) is 7.25. The van der Waals surface area contributed by atoms with Gasteiger partial charge in [-0.2, -0.15) is 0 Å². The average molecular weight is 269 g/mol. The van der Waals surface area contributed by atoms with E-state index in [4.69, 9.17) is 9.84 Å². The summed E-state index contributed by atoms with van der Waals surface area (Å²) in [5.74, 6) is 5.29. The van der Waals surface area contributed by atoms with Crippen molar-refractivity contribution in [3.05, 3.63) is 0 Å². The Morgan fingerprint density at radius 3 is 2.26 bits per heavy atom. The van der Waals surface area contributed by atoms with Crippen LogP contribution < -0.4 is 0 Å². The van der Waals surface area contributed by atoms with Gasteiger partial charge in [0.2, 0.25) is 0 Å². The van der Waals surface area contributed by atoms with Crippen LogP contribution in [0, 0.1) is 17.3 Å². The number of piperidine rings is 1. The van der Waals surface area contributed by atoms with Crippen molar-refractivity contribution in [3.63, 3.8) is 0 Å². The Hall–Kier alpha value is -0.600. The van der Waals surface area contributed by atoms with E-state index in [-0.39, 0.29) is 24.2 Å². The summed E-state index contributed by atoms with van der Waals surface area (Å²) in [5, 5.41) is 18.2. The van der Waals surface area contributed by atoms with Crippen LogP contribution in [-0.4, -0.2) is 60.2 Å². The fourth-order valence-electron chi connectivity index (χ4n) is 2.43. The van der Waals surface area contributed by atoms with Gasteiger partial charge in [0.15, 0.2) is 0 Å². The van der Waals surface area contributed by atoms with Gasteiger partial charge in [-0.25, -0.2) is 0 Å². The van der Waals surface area contributed by atoms with E-state index >= 15 is 0 Å². The minimum Gasteiger partial charge on any atom is -0.396 e. The van der Waals surface area contributed by atoms with E-state index in [1.807, 2.05) is 0 Å². The van der Waals surface area contributed by atoms with Gasteiger partial charge in [0.05, 0.1) is 13.2 Å². The van der Waals surface area contributed by atoms with Crippen LogP contribution in [0.1, 0.15) is 33.6 Å². The number of aliphatic hydroxyl groups excluding tert-OH is 2. The topological polar surface area (TPSA) is 52.9 Å². The Labute approximate surface area is 116 Å². The van der Waals surface area contributed by atoms with E-state index in [9.17, 15) is 5.11 Å². The SMILES string of the molecule is CC(C)(C)N1CCC(CO)(COCC#CCO)CC1. The largest absolute Gasteiger partial charge is 0.396 e. The second-order valence-corrected chi connectivity index (χ2v) is 6.32. The molecule has 0 radical (unpaired) electrons. The number of rotatable bonds is 4. The molecule has 0 aliphatic carbocycles. The highest BCUT2D eigenvalue weighted by atomic mass is 16.5. The number of likely N-dealkylation sites (tertiary alicyclic amines) is 1. The third-order valence-electron chi connectivity index (χ3n) is 3.89. The van der Waals surface area contributed by atoms with Gasteiger partial charge >= 0.3 is 0 Å². The van der Waals surface area contributed by atoms with Crippen LogP contribution >= 0.6 is 0 Å². The second-order valence-electron chi connectivity index (χ2n) is 6.32. The third-order valence-corrected chi connectivity index (χ3v) is 3.89. The van der Waals surface area contributed by atoms with Crippen molar-refractivity contribution >= 4 is 0 Å². The number of hydrogen-bond acceptors (Lipinski definition) is 4. The molecular formula is C15H27NO3. The molecule has 0 spiro atoms. The molecule has 1 aliphatic rings. The molecule has 2 N–H and O–H groups in total. The molecule has 4 heteroatoms. The number of hydrogen-bond donors (Lipinski definition) is 2. The Morgan fingerprint density at radius 2 is 1.79 bits per heavy atom. The smallest absolute Gasteiger partial charge is 0.107 e. The molecule has 0 bridgehead atoms. The van der Waals surface area contributed by atoms with Gasteiger partial charge in [0.1, 0.15) is 13.2 Å². The zero-order valence-electron chi connectivity index (χ0n) is 12.4. The summed E-state index contributed by atoms with van der Waals surface area (Å²) in [5.41, 5.74) is 0.0672. The van der Waals surface area contributed by atoms with Crippen molar-refractivity contribution in [1.82, 2.24) is 4.90 Å². The van der Waals surface area contributed by atoms with E-state index < -0.39 is 0 Å². The summed E-state index contributed by atoms with van der Waals surface area (Å²) < 4.78 is 5.53. The Balaban J connectivity index is 2.42. The highest BCUT2D eigenvalue weighted by molar-refractivity contribution is 4.99. The molecule has 1 heterocycles. The first-order valence-electron chi connectivity index (χ1n) is 6.94. The van der Waals surface area contributed by atoms with E-state index in [2.05, 4.69) is 37.5 Å². The van der Waals surface area contributed by atoms with Crippen molar-refractivity contribution in [3.8, 4) is 11.8 Å². The maximum absolute atomic E-state index is 9.66. The lowest BCUT2D eigenvalue weighted by atomic mass is 9.79. The van der Waals surface area contributed by atoms with Gasteiger partial charge in [-0.15, -0.1) is 0 Å². The van der Waals surface area contributed by atoms with Crippen molar-refractivity contribution in [2.24, 2.45) is 5.41 Å². The zero-order valence-corrected chi connectivity index (χ0v) is 12.4. The first-order chi connectivity index (χ1) is 8.93. The molecule has 1 fully saturated rings. The molecule has 0 unspecified atom stereocenters. The molecule has 1 saturated heterocycles. The Bertz CT molecular complexity index is 317. The number of nitrogens with zero attached hydrogens (tertiary/aromatic N) is 1.